The van der Waals surface area contributed by atoms with Crippen molar-refractivity contribution in [3.8, 4) is 0 Å². The van der Waals surface area contributed by atoms with Gasteiger partial charge in [0, 0.05) is 19.2 Å². The van der Waals surface area contributed by atoms with E-state index in [4.69, 9.17) is 5.11 Å². The number of halogens is 2. The van der Waals surface area contributed by atoms with E-state index in [1.165, 1.54) is 11.0 Å². The maximum atomic E-state index is 13.5. The Hall–Kier alpha value is -1.98. The SMILES string of the molecule is CC1(C(=O)O)CCN(C(=O)Cc2ccc(F)cc2F)C1. The van der Waals surface area contributed by atoms with Gasteiger partial charge in [-0.3, -0.25) is 9.59 Å². The van der Waals surface area contributed by atoms with E-state index in [9.17, 15) is 18.4 Å². The summed E-state index contributed by atoms with van der Waals surface area (Å²) in [4.78, 5) is 24.6. The van der Waals surface area contributed by atoms with Crippen LogP contribution in [-0.4, -0.2) is 35.0 Å². The minimum Gasteiger partial charge on any atom is -0.481 e. The summed E-state index contributed by atoms with van der Waals surface area (Å²) >= 11 is 0. The van der Waals surface area contributed by atoms with Crippen molar-refractivity contribution in [2.45, 2.75) is 19.8 Å². The Balaban J connectivity index is 2.05. The zero-order valence-electron chi connectivity index (χ0n) is 11.0. The molecule has 1 aliphatic heterocycles. The van der Waals surface area contributed by atoms with Gasteiger partial charge < -0.3 is 10.0 Å². The molecule has 0 saturated carbocycles. The fourth-order valence-electron chi connectivity index (χ4n) is 2.29. The lowest BCUT2D eigenvalue weighted by atomic mass is 9.90. The molecule has 1 amide bonds. The van der Waals surface area contributed by atoms with Crippen molar-refractivity contribution >= 4 is 11.9 Å². The van der Waals surface area contributed by atoms with Crippen LogP contribution in [0.1, 0.15) is 18.9 Å². The van der Waals surface area contributed by atoms with Crippen LogP contribution < -0.4 is 0 Å². The maximum absolute atomic E-state index is 13.5. The fraction of sp³-hybridized carbons (Fsp3) is 0.429. The first-order valence-corrected chi connectivity index (χ1v) is 6.27. The number of amides is 1. The summed E-state index contributed by atoms with van der Waals surface area (Å²) in [5, 5.41) is 9.10. The van der Waals surface area contributed by atoms with Crippen molar-refractivity contribution in [3.05, 3.63) is 35.4 Å². The van der Waals surface area contributed by atoms with Crippen molar-refractivity contribution in [3.63, 3.8) is 0 Å². The minimum atomic E-state index is -0.947. The Morgan fingerprint density at radius 2 is 2.10 bits per heavy atom. The van der Waals surface area contributed by atoms with Gasteiger partial charge in [0.2, 0.25) is 5.91 Å². The Morgan fingerprint density at radius 3 is 2.65 bits per heavy atom. The normalized spacial score (nSPS) is 22.1. The summed E-state index contributed by atoms with van der Waals surface area (Å²) < 4.78 is 26.2. The van der Waals surface area contributed by atoms with Crippen molar-refractivity contribution < 1.29 is 23.5 Å². The van der Waals surface area contributed by atoms with E-state index in [0.717, 1.165) is 12.1 Å². The Bertz CT molecular complexity index is 561. The van der Waals surface area contributed by atoms with Gasteiger partial charge in [-0.2, -0.15) is 0 Å². The lowest BCUT2D eigenvalue weighted by molar-refractivity contribution is -0.147. The molecule has 1 aliphatic rings. The van der Waals surface area contributed by atoms with Gasteiger partial charge in [0.25, 0.3) is 0 Å². The molecule has 1 N–H and O–H groups in total. The van der Waals surface area contributed by atoms with Gasteiger partial charge >= 0.3 is 5.97 Å². The van der Waals surface area contributed by atoms with Crippen LogP contribution >= 0.6 is 0 Å². The molecule has 1 atom stereocenters. The van der Waals surface area contributed by atoms with Crippen LogP contribution in [0.15, 0.2) is 18.2 Å². The van der Waals surface area contributed by atoms with Crippen LogP contribution in [0.3, 0.4) is 0 Å². The molecule has 6 heteroatoms. The number of hydrogen-bond donors (Lipinski definition) is 1. The van der Waals surface area contributed by atoms with Gasteiger partial charge in [0.05, 0.1) is 11.8 Å². The largest absolute Gasteiger partial charge is 0.481 e. The molecule has 1 saturated heterocycles. The topological polar surface area (TPSA) is 57.6 Å². The van der Waals surface area contributed by atoms with Crippen LogP contribution in [0.25, 0.3) is 0 Å². The Labute approximate surface area is 115 Å². The van der Waals surface area contributed by atoms with E-state index in [2.05, 4.69) is 0 Å². The van der Waals surface area contributed by atoms with E-state index in [-0.39, 0.29) is 24.4 Å². The number of carbonyl (C=O) groups excluding carboxylic acids is 1. The van der Waals surface area contributed by atoms with Crippen LogP contribution in [0.2, 0.25) is 0 Å². The van der Waals surface area contributed by atoms with E-state index in [0.29, 0.717) is 13.0 Å². The van der Waals surface area contributed by atoms with Crippen LogP contribution in [-0.2, 0) is 16.0 Å². The van der Waals surface area contributed by atoms with Crippen molar-refractivity contribution in [2.24, 2.45) is 5.41 Å². The number of nitrogens with zero attached hydrogens (tertiary/aromatic N) is 1. The van der Waals surface area contributed by atoms with Gasteiger partial charge in [-0.25, -0.2) is 8.78 Å². The lowest BCUT2D eigenvalue weighted by Gasteiger charge is -2.20. The molecular weight excluding hydrogens is 268 g/mol. The van der Waals surface area contributed by atoms with E-state index in [1.807, 2.05) is 0 Å². The molecule has 1 aromatic carbocycles. The molecule has 1 unspecified atom stereocenters. The van der Waals surface area contributed by atoms with E-state index in [1.54, 1.807) is 6.92 Å². The molecular formula is C14H15F2NO3. The van der Waals surface area contributed by atoms with Crippen LogP contribution in [0.4, 0.5) is 8.78 Å². The van der Waals surface area contributed by atoms with Crippen molar-refractivity contribution in [1.29, 1.82) is 0 Å². The first-order valence-electron chi connectivity index (χ1n) is 6.27. The number of likely N-dealkylation sites (tertiary alicyclic amines) is 1. The van der Waals surface area contributed by atoms with Gasteiger partial charge in [-0.15, -0.1) is 0 Å². The molecule has 2 rings (SSSR count). The molecule has 108 valence electrons. The number of benzene rings is 1. The fourth-order valence-corrected chi connectivity index (χ4v) is 2.29. The molecule has 0 radical (unpaired) electrons. The standard InChI is InChI=1S/C14H15F2NO3/c1-14(13(19)20)4-5-17(8-14)12(18)6-9-2-3-10(15)7-11(9)16/h2-3,7H,4-6,8H2,1H3,(H,19,20). The Morgan fingerprint density at radius 1 is 1.40 bits per heavy atom. The molecule has 1 heterocycles. The number of carboxylic acids is 1. The number of hydrogen-bond acceptors (Lipinski definition) is 2. The average Bonchev–Trinajstić information content (AvgIpc) is 2.77. The van der Waals surface area contributed by atoms with E-state index >= 15 is 0 Å². The Kier molecular flexibility index (Phi) is 3.74. The zero-order chi connectivity index (χ0) is 14.9. The van der Waals surface area contributed by atoms with Gasteiger partial charge in [-0.1, -0.05) is 6.07 Å². The third-order valence-electron chi connectivity index (χ3n) is 3.70. The summed E-state index contributed by atoms with van der Waals surface area (Å²) in [6.45, 7) is 2.04. The van der Waals surface area contributed by atoms with Gasteiger partial charge in [0.1, 0.15) is 11.6 Å². The van der Waals surface area contributed by atoms with Crippen molar-refractivity contribution in [1.82, 2.24) is 4.90 Å². The van der Waals surface area contributed by atoms with Crippen LogP contribution in [0, 0.1) is 17.0 Å². The quantitative estimate of drug-likeness (QED) is 0.920. The molecule has 0 aliphatic carbocycles. The lowest BCUT2D eigenvalue weighted by Crippen LogP contribution is -2.35. The third kappa shape index (κ3) is 2.79. The third-order valence-corrected chi connectivity index (χ3v) is 3.70. The summed E-state index contributed by atoms with van der Waals surface area (Å²) in [6.07, 6.45) is 0.182. The highest BCUT2D eigenvalue weighted by molar-refractivity contribution is 5.82. The number of carboxylic acid groups (broad SMARTS) is 1. The molecule has 1 fully saturated rings. The summed E-state index contributed by atoms with van der Waals surface area (Å²) in [5.41, 5.74) is -0.836. The second-order valence-electron chi connectivity index (χ2n) is 5.34. The monoisotopic (exact) mass is 283 g/mol. The predicted octanol–water partition coefficient (Wildman–Crippen LogP) is 1.83. The number of rotatable bonds is 3. The summed E-state index contributed by atoms with van der Waals surface area (Å²) in [5.74, 6) is -2.75. The zero-order valence-corrected chi connectivity index (χ0v) is 11.0. The maximum Gasteiger partial charge on any atom is 0.311 e. The molecule has 20 heavy (non-hydrogen) atoms. The molecule has 4 nitrogen and oxygen atoms in total. The summed E-state index contributed by atoms with van der Waals surface area (Å²) in [7, 11) is 0. The first kappa shape index (κ1) is 14.4. The molecule has 1 aromatic rings. The second-order valence-corrected chi connectivity index (χ2v) is 5.34. The van der Waals surface area contributed by atoms with E-state index < -0.39 is 23.0 Å². The highest BCUT2D eigenvalue weighted by atomic mass is 19.1. The van der Waals surface area contributed by atoms with Crippen molar-refractivity contribution in [2.75, 3.05) is 13.1 Å². The number of carbonyl (C=O) groups is 2. The minimum absolute atomic E-state index is 0.111. The summed E-state index contributed by atoms with van der Waals surface area (Å²) in [6, 6.07) is 3.06. The number of aliphatic carboxylic acids is 1. The highest BCUT2D eigenvalue weighted by Crippen LogP contribution is 2.30. The average molecular weight is 283 g/mol. The van der Waals surface area contributed by atoms with Gasteiger partial charge in [0.15, 0.2) is 0 Å². The predicted molar refractivity (Wildman–Crippen MR) is 67.0 cm³/mol. The molecule has 0 bridgehead atoms. The molecule has 0 spiro atoms. The second kappa shape index (κ2) is 5.19. The highest BCUT2D eigenvalue weighted by Gasteiger charge is 2.42. The first-order chi connectivity index (χ1) is 9.32. The van der Waals surface area contributed by atoms with Crippen LogP contribution in [0.5, 0.6) is 0 Å². The molecule has 0 aromatic heterocycles. The van der Waals surface area contributed by atoms with Gasteiger partial charge in [-0.05, 0) is 25.0 Å². The smallest absolute Gasteiger partial charge is 0.311 e.